The second-order valence-electron chi connectivity index (χ2n) is 4.99. The molecule has 0 radical (unpaired) electrons. The number of ether oxygens (including phenoxy) is 1. The molecule has 2 heterocycles. The molecule has 2 aliphatic rings. The molecule has 0 aromatic heterocycles. The number of hydrogen-bond acceptors (Lipinski definition) is 3. The number of carbonyl (C=O) groups excluding carboxylic acids is 1. The molecule has 2 saturated heterocycles. The Morgan fingerprint density at radius 2 is 2.11 bits per heavy atom. The van der Waals surface area contributed by atoms with Gasteiger partial charge in [0.2, 0.25) is 0 Å². The summed E-state index contributed by atoms with van der Waals surface area (Å²) in [6.07, 6.45) is 3.31. The van der Waals surface area contributed by atoms with Crippen LogP contribution < -0.4 is 5.32 Å². The van der Waals surface area contributed by atoms with Gasteiger partial charge >= 0.3 is 12.0 Å². The number of nitrogens with zero attached hydrogens (tertiary/aromatic N) is 1. The molecule has 102 valence electrons. The number of likely N-dealkylation sites (tertiary alicyclic amines) is 1. The van der Waals surface area contributed by atoms with E-state index >= 15 is 0 Å². The van der Waals surface area contributed by atoms with E-state index < -0.39 is 11.9 Å². The van der Waals surface area contributed by atoms with Crippen molar-refractivity contribution in [3.63, 3.8) is 0 Å². The van der Waals surface area contributed by atoms with Crippen LogP contribution in [0.3, 0.4) is 0 Å². The molecular weight excluding hydrogens is 236 g/mol. The Bertz CT molecular complexity index is 315. The normalized spacial score (nSPS) is 28.8. The maximum atomic E-state index is 12.0. The summed E-state index contributed by atoms with van der Waals surface area (Å²) in [6, 6.07) is -0.0899. The Hall–Kier alpha value is -1.30. The predicted octanol–water partition coefficient (Wildman–Crippen LogP) is 0.672. The zero-order chi connectivity index (χ0) is 13.0. The highest BCUT2D eigenvalue weighted by atomic mass is 16.5. The molecule has 0 spiro atoms. The van der Waals surface area contributed by atoms with E-state index in [1.54, 1.807) is 4.90 Å². The van der Waals surface area contributed by atoms with E-state index in [4.69, 9.17) is 9.84 Å². The van der Waals surface area contributed by atoms with Crippen molar-refractivity contribution < 1.29 is 19.4 Å². The van der Waals surface area contributed by atoms with Crippen LogP contribution in [-0.4, -0.2) is 54.4 Å². The predicted molar refractivity (Wildman–Crippen MR) is 64.3 cm³/mol. The molecule has 1 unspecified atom stereocenters. The number of carbonyl (C=O) groups is 2. The molecule has 0 aliphatic carbocycles. The van der Waals surface area contributed by atoms with Crippen molar-refractivity contribution in [2.24, 2.45) is 5.92 Å². The number of piperidine rings is 1. The average Bonchev–Trinajstić information content (AvgIpc) is 2.40. The molecule has 6 heteroatoms. The number of nitrogens with one attached hydrogen (secondary N) is 1. The fourth-order valence-corrected chi connectivity index (χ4v) is 2.48. The number of urea groups is 1. The molecule has 6 nitrogen and oxygen atoms in total. The van der Waals surface area contributed by atoms with E-state index in [0.717, 1.165) is 25.9 Å². The van der Waals surface area contributed by atoms with Gasteiger partial charge in [-0.25, -0.2) is 4.79 Å². The second kappa shape index (κ2) is 6.04. The third-order valence-corrected chi connectivity index (χ3v) is 3.55. The lowest BCUT2D eigenvalue weighted by molar-refractivity contribution is -0.143. The lowest BCUT2D eigenvalue weighted by Crippen LogP contribution is -2.51. The Labute approximate surface area is 106 Å². The van der Waals surface area contributed by atoms with Gasteiger partial charge in [-0.1, -0.05) is 0 Å². The summed E-state index contributed by atoms with van der Waals surface area (Å²) < 4.78 is 5.30. The summed E-state index contributed by atoms with van der Waals surface area (Å²) in [4.78, 5) is 24.5. The van der Waals surface area contributed by atoms with Gasteiger partial charge < -0.3 is 20.1 Å². The van der Waals surface area contributed by atoms with Crippen LogP contribution in [0.15, 0.2) is 0 Å². The minimum Gasteiger partial charge on any atom is -0.481 e. The Morgan fingerprint density at radius 1 is 1.28 bits per heavy atom. The number of carboxylic acid groups (broad SMARTS) is 1. The van der Waals surface area contributed by atoms with Gasteiger partial charge in [0.15, 0.2) is 0 Å². The van der Waals surface area contributed by atoms with Gasteiger partial charge in [0, 0.05) is 19.7 Å². The first-order chi connectivity index (χ1) is 8.66. The van der Waals surface area contributed by atoms with Crippen molar-refractivity contribution in [3.8, 4) is 0 Å². The van der Waals surface area contributed by atoms with Crippen molar-refractivity contribution >= 4 is 12.0 Å². The maximum absolute atomic E-state index is 12.0. The first-order valence-corrected chi connectivity index (χ1v) is 6.53. The van der Waals surface area contributed by atoms with Gasteiger partial charge in [0.05, 0.1) is 18.6 Å². The summed E-state index contributed by atoms with van der Waals surface area (Å²) in [5, 5.41) is 11.9. The zero-order valence-corrected chi connectivity index (χ0v) is 10.4. The molecule has 2 amide bonds. The van der Waals surface area contributed by atoms with Gasteiger partial charge in [-0.3, -0.25) is 4.79 Å². The SMILES string of the molecule is O=C(O)[C@@H]1CCCN(C(=O)NC2CCCOC2)C1. The van der Waals surface area contributed by atoms with Crippen molar-refractivity contribution in [2.45, 2.75) is 31.7 Å². The fourth-order valence-electron chi connectivity index (χ4n) is 2.48. The Balaban J connectivity index is 1.82. The molecule has 2 fully saturated rings. The highest BCUT2D eigenvalue weighted by Crippen LogP contribution is 2.17. The van der Waals surface area contributed by atoms with Crippen LogP contribution in [0.2, 0.25) is 0 Å². The topological polar surface area (TPSA) is 78.9 Å². The number of hydrogen-bond donors (Lipinski definition) is 2. The molecule has 0 bridgehead atoms. The third-order valence-electron chi connectivity index (χ3n) is 3.55. The molecule has 2 atom stereocenters. The second-order valence-corrected chi connectivity index (χ2v) is 4.99. The standard InChI is InChI=1S/C12H20N2O4/c15-11(16)9-3-1-5-14(7-9)12(17)13-10-4-2-6-18-8-10/h9-10H,1-8H2,(H,13,17)(H,15,16)/t9-,10?/m1/s1. The number of amides is 2. The number of carboxylic acids is 1. The zero-order valence-electron chi connectivity index (χ0n) is 10.4. The molecule has 0 aromatic carbocycles. The average molecular weight is 256 g/mol. The van der Waals surface area contributed by atoms with E-state index in [2.05, 4.69) is 5.32 Å². The van der Waals surface area contributed by atoms with Crippen LogP contribution in [0, 0.1) is 5.92 Å². The highest BCUT2D eigenvalue weighted by molar-refractivity contribution is 5.76. The minimum absolute atomic E-state index is 0.0662. The molecule has 0 saturated carbocycles. The summed E-state index contributed by atoms with van der Waals surface area (Å²) in [7, 11) is 0. The highest BCUT2D eigenvalue weighted by Gasteiger charge is 2.29. The quantitative estimate of drug-likeness (QED) is 0.761. The van der Waals surface area contributed by atoms with Crippen LogP contribution in [0.5, 0.6) is 0 Å². The lowest BCUT2D eigenvalue weighted by Gasteiger charge is -2.33. The molecule has 2 N–H and O–H groups in total. The van der Waals surface area contributed by atoms with Crippen molar-refractivity contribution in [3.05, 3.63) is 0 Å². The number of rotatable bonds is 2. The van der Waals surface area contributed by atoms with Crippen LogP contribution in [0.4, 0.5) is 4.79 Å². The van der Waals surface area contributed by atoms with E-state index in [9.17, 15) is 9.59 Å². The first kappa shape index (κ1) is 13.1. The fraction of sp³-hybridized carbons (Fsp3) is 0.833. The van der Waals surface area contributed by atoms with E-state index in [1.807, 2.05) is 0 Å². The van der Waals surface area contributed by atoms with E-state index in [-0.39, 0.29) is 12.1 Å². The van der Waals surface area contributed by atoms with Gasteiger partial charge in [-0.2, -0.15) is 0 Å². The molecule has 0 aromatic rings. The van der Waals surface area contributed by atoms with E-state index in [1.165, 1.54) is 0 Å². The lowest BCUT2D eigenvalue weighted by atomic mass is 9.98. The largest absolute Gasteiger partial charge is 0.481 e. The van der Waals surface area contributed by atoms with Crippen molar-refractivity contribution in [2.75, 3.05) is 26.3 Å². The van der Waals surface area contributed by atoms with Crippen LogP contribution >= 0.6 is 0 Å². The van der Waals surface area contributed by atoms with Gasteiger partial charge in [0.1, 0.15) is 0 Å². The summed E-state index contributed by atoms with van der Waals surface area (Å²) in [5.74, 6) is -1.24. The van der Waals surface area contributed by atoms with Crippen molar-refractivity contribution in [1.82, 2.24) is 10.2 Å². The monoisotopic (exact) mass is 256 g/mol. The van der Waals surface area contributed by atoms with Gasteiger partial charge in [0.25, 0.3) is 0 Å². The minimum atomic E-state index is -0.812. The molecular formula is C12H20N2O4. The Kier molecular flexibility index (Phi) is 4.41. The Morgan fingerprint density at radius 3 is 2.78 bits per heavy atom. The first-order valence-electron chi connectivity index (χ1n) is 6.53. The van der Waals surface area contributed by atoms with Crippen molar-refractivity contribution in [1.29, 1.82) is 0 Å². The van der Waals surface area contributed by atoms with Crippen LogP contribution in [0.1, 0.15) is 25.7 Å². The third kappa shape index (κ3) is 3.35. The summed E-state index contributed by atoms with van der Waals surface area (Å²) >= 11 is 0. The molecule has 18 heavy (non-hydrogen) atoms. The van der Waals surface area contributed by atoms with Gasteiger partial charge in [-0.05, 0) is 25.7 Å². The summed E-state index contributed by atoms with van der Waals surface area (Å²) in [6.45, 7) is 2.27. The van der Waals surface area contributed by atoms with Crippen LogP contribution in [0.25, 0.3) is 0 Å². The van der Waals surface area contributed by atoms with Crippen LogP contribution in [-0.2, 0) is 9.53 Å². The maximum Gasteiger partial charge on any atom is 0.317 e. The number of aliphatic carboxylic acids is 1. The molecule has 2 aliphatic heterocycles. The summed E-state index contributed by atoms with van der Waals surface area (Å²) in [5.41, 5.74) is 0. The van der Waals surface area contributed by atoms with E-state index in [0.29, 0.717) is 26.1 Å². The smallest absolute Gasteiger partial charge is 0.317 e. The van der Waals surface area contributed by atoms with Gasteiger partial charge in [-0.15, -0.1) is 0 Å². The molecule has 2 rings (SSSR count).